The van der Waals surface area contributed by atoms with Crippen LogP contribution < -0.4 is 5.69 Å². The smallest absolute Gasteiger partial charge is 0.329 e. The monoisotopic (exact) mass is 405 g/mol. The number of imidazole rings is 1. The maximum Gasteiger partial charge on any atom is 0.329 e. The minimum Gasteiger partial charge on any atom is -0.466 e. The van der Waals surface area contributed by atoms with Crippen molar-refractivity contribution in [3.8, 4) is 0 Å². The molecule has 0 saturated heterocycles. The van der Waals surface area contributed by atoms with Gasteiger partial charge in [-0.3, -0.25) is 13.9 Å². The summed E-state index contributed by atoms with van der Waals surface area (Å²) in [6.07, 6.45) is 2.27. The summed E-state index contributed by atoms with van der Waals surface area (Å²) in [5.41, 5.74) is 6.13. The fourth-order valence-electron chi connectivity index (χ4n) is 4.38. The number of esters is 1. The zero-order chi connectivity index (χ0) is 21.4. The first-order valence-corrected chi connectivity index (χ1v) is 10.3. The molecule has 2 aromatic carbocycles. The molecule has 6 nitrogen and oxygen atoms in total. The maximum atomic E-state index is 13.4. The molecule has 0 aliphatic heterocycles. The third kappa shape index (κ3) is 3.32. The molecule has 0 aliphatic carbocycles. The molecule has 4 aromatic rings. The van der Waals surface area contributed by atoms with E-state index in [9.17, 15) is 9.59 Å². The van der Waals surface area contributed by atoms with Crippen molar-refractivity contribution in [2.45, 2.75) is 40.3 Å². The number of benzene rings is 2. The van der Waals surface area contributed by atoms with Crippen LogP contribution in [0.1, 0.15) is 30.0 Å². The second-order valence-electron chi connectivity index (χ2n) is 7.75. The molecule has 0 N–H and O–H groups in total. The molecule has 0 fully saturated rings. The second kappa shape index (κ2) is 7.86. The van der Waals surface area contributed by atoms with Gasteiger partial charge in [0.05, 0.1) is 30.6 Å². The van der Waals surface area contributed by atoms with Gasteiger partial charge in [-0.1, -0.05) is 24.3 Å². The second-order valence-corrected chi connectivity index (χ2v) is 7.75. The number of carbonyl (C=O) groups excluding carboxylic acids is 1. The van der Waals surface area contributed by atoms with Gasteiger partial charge in [0.15, 0.2) is 0 Å². The summed E-state index contributed by atoms with van der Waals surface area (Å²) in [6, 6.07) is 12.2. The number of hydrogen-bond acceptors (Lipinski definition) is 3. The highest BCUT2D eigenvalue weighted by Crippen LogP contribution is 2.26. The summed E-state index contributed by atoms with van der Waals surface area (Å²) in [5.74, 6) is -0.288. The number of hydrogen-bond donors (Lipinski definition) is 0. The highest BCUT2D eigenvalue weighted by atomic mass is 16.5. The van der Waals surface area contributed by atoms with Gasteiger partial charge in [0.1, 0.15) is 0 Å². The predicted molar refractivity (Wildman–Crippen MR) is 119 cm³/mol. The first kappa shape index (κ1) is 20.0. The molecule has 2 aromatic heterocycles. The van der Waals surface area contributed by atoms with Crippen molar-refractivity contribution in [2.75, 3.05) is 6.61 Å². The highest BCUT2D eigenvalue weighted by Gasteiger charge is 2.18. The Hall–Kier alpha value is -3.28. The number of ether oxygens (including phenoxy) is 1. The van der Waals surface area contributed by atoms with Gasteiger partial charge in [0, 0.05) is 30.7 Å². The molecular weight excluding hydrogens is 378 g/mol. The lowest BCUT2D eigenvalue weighted by Crippen LogP contribution is -2.26. The van der Waals surface area contributed by atoms with E-state index in [1.807, 2.05) is 36.7 Å². The van der Waals surface area contributed by atoms with E-state index in [1.54, 1.807) is 11.5 Å². The van der Waals surface area contributed by atoms with Crippen LogP contribution in [0.15, 0.2) is 47.4 Å². The van der Waals surface area contributed by atoms with Gasteiger partial charge in [0.25, 0.3) is 0 Å². The standard InChI is InChI=1S/C24H27N3O3/c1-5-30-21(28)12-13-26-23-17(3)9-7-11-20(23)27(24(26)29)15-18-14-25(4)19-10-6-8-16(2)22(18)19/h6-11,14H,5,12-13,15H2,1-4H3. The molecular formula is C24H27N3O3. The van der Waals surface area contributed by atoms with E-state index >= 15 is 0 Å². The Morgan fingerprint density at radius 1 is 1.00 bits per heavy atom. The minimum absolute atomic E-state index is 0.103. The average molecular weight is 405 g/mol. The van der Waals surface area contributed by atoms with Crippen molar-refractivity contribution >= 4 is 27.9 Å². The Bertz CT molecular complexity index is 1310. The Kier molecular flexibility index (Phi) is 5.24. The summed E-state index contributed by atoms with van der Waals surface area (Å²) >= 11 is 0. The van der Waals surface area contributed by atoms with E-state index in [1.165, 1.54) is 10.9 Å². The summed E-state index contributed by atoms with van der Waals surface area (Å²) in [6.45, 7) is 7.01. The summed E-state index contributed by atoms with van der Waals surface area (Å²) in [7, 11) is 2.03. The molecule has 0 bridgehead atoms. The lowest BCUT2D eigenvalue weighted by molar-refractivity contribution is -0.143. The Balaban J connectivity index is 1.83. The Labute approximate surface area is 175 Å². The van der Waals surface area contributed by atoms with Gasteiger partial charge in [-0.2, -0.15) is 0 Å². The SMILES string of the molecule is CCOC(=O)CCn1c(=O)n(Cc2cn(C)c3cccc(C)c23)c2cccc(C)c21. The molecule has 0 amide bonds. The van der Waals surface area contributed by atoms with Crippen LogP contribution in [-0.2, 0) is 29.7 Å². The van der Waals surface area contributed by atoms with E-state index in [2.05, 4.69) is 35.9 Å². The van der Waals surface area contributed by atoms with E-state index in [0.717, 1.165) is 27.7 Å². The molecule has 6 heteroatoms. The topological polar surface area (TPSA) is 58.2 Å². The lowest BCUT2D eigenvalue weighted by Gasteiger charge is -2.05. The number of nitrogens with zero attached hydrogens (tertiary/aromatic N) is 3. The van der Waals surface area contributed by atoms with Crippen LogP contribution in [0.4, 0.5) is 0 Å². The molecule has 0 atom stereocenters. The number of aryl methyl sites for hydroxylation is 4. The van der Waals surface area contributed by atoms with Crippen molar-refractivity contribution in [2.24, 2.45) is 7.05 Å². The molecule has 0 spiro atoms. The number of para-hydroxylation sites is 1. The summed E-state index contributed by atoms with van der Waals surface area (Å²) in [5, 5.41) is 1.19. The van der Waals surface area contributed by atoms with Crippen LogP contribution in [-0.4, -0.2) is 26.3 Å². The van der Waals surface area contributed by atoms with Crippen LogP contribution in [0.2, 0.25) is 0 Å². The van der Waals surface area contributed by atoms with E-state index in [4.69, 9.17) is 4.74 Å². The molecule has 0 radical (unpaired) electrons. The summed E-state index contributed by atoms with van der Waals surface area (Å²) in [4.78, 5) is 25.3. The molecule has 156 valence electrons. The van der Waals surface area contributed by atoms with Gasteiger partial charge in [-0.25, -0.2) is 4.79 Å². The fraction of sp³-hybridized carbons (Fsp3) is 0.333. The molecule has 2 heterocycles. The Morgan fingerprint density at radius 3 is 2.43 bits per heavy atom. The van der Waals surface area contributed by atoms with Crippen molar-refractivity contribution < 1.29 is 9.53 Å². The van der Waals surface area contributed by atoms with Crippen LogP contribution in [0.5, 0.6) is 0 Å². The fourth-order valence-corrected chi connectivity index (χ4v) is 4.38. The van der Waals surface area contributed by atoms with Crippen LogP contribution in [0.25, 0.3) is 21.9 Å². The zero-order valence-corrected chi connectivity index (χ0v) is 17.9. The van der Waals surface area contributed by atoms with E-state index in [-0.39, 0.29) is 18.1 Å². The lowest BCUT2D eigenvalue weighted by atomic mass is 10.1. The number of rotatable bonds is 6. The molecule has 4 rings (SSSR count). The van der Waals surface area contributed by atoms with Gasteiger partial charge >= 0.3 is 11.7 Å². The third-order valence-electron chi connectivity index (χ3n) is 5.71. The highest BCUT2D eigenvalue weighted by molar-refractivity contribution is 5.87. The van der Waals surface area contributed by atoms with Gasteiger partial charge in [-0.15, -0.1) is 0 Å². The average Bonchev–Trinajstić information content (AvgIpc) is 3.17. The van der Waals surface area contributed by atoms with Crippen molar-refractivity contribution in [3.05, 3.63) is 69.8 Å². The predicted octanol–water partition coefficient (Wildman–Crippen LogP) is 3.91. The first-order chi connectivity index (χ1) is 14.4. The van der Waals surface area contributed by atoms with E-state index in [0.29, 0.717) is 19.7 Å². The quantitative estimate of drug-likeness (QED) is 0.457. The van der Waals surface area contributed by atoms with Gasteiger partial charge in [-0.05, 0) is 49.6 Å². The van der Waals surface area contributed by atoms with Crippen molar-refractivity contribution in [1.82, 2.24) is 13.7 Å². The largest absolute Gasteiger partial charge is 0.466 e. The molecule has 0 unspecified atom stereocenters. The summed E-state index contributed by atoms with van der Waals surface area (Å²) < 4.78 is 10.7. The van der Waals surface area contributed by atoms with Crippen LogP contribution in [0, 0.1) is 13.8 Å². The Morgan fingerprint density at radius 2 is 1.70 bits per heavy atom. The number of aromatic nitrogens is 3. The minimum atomic E-state index is -0.288. The van der Waals surface area contributed by atoms with E-state index < -0.39 is 0 Å². The molecule has 30 heavy (non-hydrogen) atoms. The molecule has 0 saturated carbocycles. The van der Waals surface area contributed by atoms with Crippen LogP contribution >= 0.6 is 0 Å². The number of carbonyl (C=O) groups is 1. The van der Waals surface area contributed by atoms with Crippen molar-refractivity contribution in [1.29, 1.82) is 0 Å². The number of fused-ring (bicyclic) bond motifs is 2. The van der Waals surface area contributed by atoms with Gasteiger partial charge < -0.3 is 9.30 Å². The molecule has 0 aliphatic rings. The van der Waals surface area contributed by atoms with Crippen LogP contribution in [0.3, 0.4) is 0 Å². The van der Waals surface area contributed by atoms with Crippen molar-refractivity contribution in [3.63, 3.8) is 0 Å². The normalized spacial score (nSPS) is 11.5. The zero-order valence-electron chi connectivity index (χ0n) is 17.9. The van der Waals surface area contributed by atoms with Gasteiger partial charge in [0.2, 0.25) is 0 Å². The maximum absolute atomic E-state index is 13.4. The first-order valence-electron chi connectivity index (χ1n) is 10.3. The third-order valence-corrected chi connectivity index (χ3v) is 5.71.